The maximum Gasteiger partial charge on any atom is 0.500 e. The molecule has 1 unspecified atom stereocenters. The first-order chi connectivity index (χ1) is 8.37. The number of nitrogens with zero attached hydrogens (tertiary/aromatic N) is 1. The molecule has 6 nitrogen and oxygen atoms in total. The minimum Gasteiger partial charge on any atom is -0.477 e. The van der Waals surface area contributed by atoms with Crippen LogP contribution in [0.5, 0.6) is 0 Å². The Morgan fingerprint density at radius 2 is 1.72 bits per heavy atom. The molecule has 0 bridgehead atoms. The van der Waals surface area contributed by atoms with E-state index in [1.165, 1.54) is 0 Å². The van der Waals surface area contributed by atoms with Crippen LogP contribution >= 0.6 is 0 Å². The Bertz CT molecular complexity index is 252. The van der Waals surface area contributed by atoms with Gasteiger partial charge in [0.2, 0.25) is 0 Å². The number of likely N-dealkylation sites (N-methyl/N-ethyl adjacent to an activating group) is 1. The smallest absolute Gasteiger partial charge is 0.477 e. The van der Waals surface area contributed by atoms with Crippen LogP contribution in [0.1, 0.15) is 13.3 Å². The minimum atomic E-state index is -2.53. The summed E-state index contributed by atoms with van der Waals surface area (Å²) >= 11 is 0. The highest BCUT2D eigenvalue weighted by atomic mass is 28.4. The number of aliphatic carboxylic acids is 1. The maximum absolute atomic E-state index is 10.8. The summed E-state index contributed by atoms with van der Waals surface area (Å²) in [6.07, 6.45) is 0.819. The van der Waals surface area contributed by atoms with E-state index >= 15 is 0 Å². The van der Waals surface area contributed by atoms with Crippen LogP contribution in [0.4, 0.5) is 0 Å². The van der Waals surface area contributed by atoms with E-state index in [1.807, 2.05) is 14.0 Å². The molecule has 7 heteroatoms. The van der Waals surface area contributed by atoms with Gasteiger partial charge in [0.1, 0.15) is 0 Å². The van der Waals surface area contributed by atoms with Crippen LogP contribution in [0.15, 0.2) is 0 Å². The third kappa shape index (κ3) is 5.45. The third-order valence-corrected chi connectivity index (χ3v) is 6.23. The van der Waals surface area contributed by atoms with Gasteiger partial charge in [-0.3, -0.25) is 0 Å². The molecule has 0 rings (SSSR count). The van der Waals surface area contributed by atoms with Crippen LogP contribution in [0.3, 0.4) is 0 Å². The first-order valence-electron chi connectivity index (χ1n) is 6.07. The van der Waals surface area contributed by atoms with Crippen LogP contribution in [-0.2, 0) is 18.1 Å². The quantitative estimate of drug-likeness (QED) is 0.474. The van der Waals surface area contributed by atoms with Crippen molar-refractivity contribution in [3.05, 3.63) is 0 Å². The molecule has 0 amide bonds. The average molecular weight is 280 g/mol. The van der Waals surface area contributed by atoms with Gasteiger partial charge in [0.15, 0.2) is 6.54 Å². The highest BCUT2D eigenvalue weighted by Gasteiger charge is 2.38. The van der Waals surface area contributed by atoms with Crippen LogP contribution in [-0.4, -0.2) is 72.4 Å². The molecule has 0 saturated carbocycles. The van der Waals surface area contributed by atoms with E-state index in [9.17, 15) is 4.79 Å². The summed E-state index contributed by atoms with van der Waals surface area (Å²) in [6.45, 7) is 3.69. The summed E-state index contributed by atoms with van der Waals surface area (Å²) in [5, 5.41) is 8.90. The number of carboxylic acids is 1. The number of quaternary nitrogens is 1. The van der Waals surface area contributed by atoms with Crippen molar-refractivity contribution in [2.75, 3.05) is 48.0 Å². The van der Waals surface area contributed by atoms with Gasteiger partial charge in [0, 0.05) is 33.8 Å². The lowest BCUT2D eigenvalue weighted by atomic mass is 10.3. The molecule has 1 N–H and O–H groups in total. The number of hydrogen-bond donors (Lipinski definition) is 1. The summed E-state index contributed by atoms with van der Waals surface area (Å²) in [5.41, 5.74) is 0. The molecule has 0 aromatic carbocycles. The molecular weight excluding hydrogens is 254 g/mol. The zero-order chi connectivity index (χ0) is 14.2. The topological polar surface area (TPSA) is 65.0 Å². The Balaban J connectivity index is 4.33. The van der Waals surface area contributed by atoms with Gasteiger partial charge in [-0.05, 0) is 6.92 Å². The van der Waals surface area contributed by atoms with E-state index in [2.05, 4.69) is 0 Å². The summed E-state index contributed by atoms with van der Waals surface area (Å²) < 4.78 is 16.5. The lowest BCUT2D eigenvalue weighted by molar-refractivity contribution is -0.900. The van der Waals surface area contributed by atoms with Crippen molar-refractivity contribution in [2.45, 2.75) is 19.4 Å². The van der Waals surface area contributed by atoms with E-state index in [4.69, 9.17) is 18.4 Å². The Hall–Kier alpha value is -0.473. The van der Waals surface area contributed by atoms with Crippen LogP contribution in [0, 0.1) is 0 Å². The molecule has 0 fully saturated rings. The molecule has 0 radical (unpaired) electrons. The van der Waals surface area contributed by atoms with Gasteiger partial charge in [0.05, 0.1) is 20.1 Å². The van der Waals surface area contributed by atoms with Gasteiger partial charge in [-0.15, -0.1) is 0 Å². The highest BCUT2D eigenvalue weighted by molar-refractivity contribution is 6.60. The fourth-order valence-corrected chi connectivity index (χ4v) is 3.61. The number of carboxylic acid groups (broad SMARTS) is 1. The monoisotopic (exact) mass is 280 g/mol. The van der Waals surface area contributed by atoms with E-state index < -0.39 is 14.8 Å². The molecule has 0 aliphatic carbocycles. The van der Waals surface area contributed by atoms with Crippen molar-refractivity contribution in [3.8, 4) is 0 Å². The first kappa shape index (κ1) is 17.5. The molecule has 1 atom stereocenters. The van der Waals surface area contributed by atoms with Crippen molar-refractivity contribution >= 4 is 14.8 Å². The predicted molar refractivity (Wildman–Crippen MR) is 70.3 cm³/mol. The zero-order valence-electron chi connectivity index (χ0n) is 12.1. The molecule has 18 heavy (non-hydrogen) atoms. The van der Waals surface area contributed by atoms with Crippen molar-refractivity contribution in [2.24, 2.45) is 0 Å². The number of hydrogen-bond acceptors (Lipinski definition) is 4. The molecule has 0 aliphatic heterocycles. The summed E-state index contributed by atoms with van der Waals surface area (Å²) in [4.78, 5) is 10.8. The predicted octanol–water partition coefficient (Wildman–Crippen LogP) is 0.806. The number of rotatable bonds is 10. The molecule has 0 aromatic rings. The second-order valence-electron chi connectivity index (χ2n) is 4.61. The Morgan fingerprint density at radius 3 is 2.06 bits per heavy atom. The summed E-state index contributed by atoms with van der Waals surface area (Å²) in [6, 6.07) is 0.698. The van der Waals surface area contributed by atoms with E-state index in [1.54, 1.807) is 21.3 Å². The van der Waals surface area contributed by atoms with E-state index in [0.29, 0.717) is 10.5 Å². The molecule has 108 valence electrons. The first-order valence-corrected chi connectivity index (χ1v) is 8.01. The standard InChI is InChI=1S/C11H25NO5Si/c1-6-12(2,10-11(13)14)8-7-9-18(15-3,16-4)17-5/h6-10H2,1-5H3/p+1. The Kier molecular flexibility index (Phi) is 7.65. The molecule has 0 heterocycles. The van der Waals surface area contributed by atoms with Gasteiger partial charge in [-0.25, -0.2) is 4.79 Å². The molecule has 0 aromatic heterocycles. The van der Waals surface area contributed by atoms with Gasteiger partial charge in [-0.1, -0.05) is 0 Å². The van der Waals surface area contributed by atoms with Crippen molar-refractivity contribution in [1.82, 2.24) is 0 Å². The third-order valence-electron chi connectivity index (χ3n) is 3.39. The SMILES string of the molecule is CC[N+](C)(CCC[Si](OC)(OC)OC)CC(=O)O. The van der Waals surface area contributed by atoms with Crippen LogP contribution in [0.2, 0.25) is 6.04 Å². The second kappa shape index (κ2) is 7.85. The molecule has 0 spiro atoms. The van der Waals surface area contributed by atoms with E-state index in [0.717, 1.165) is 19.5 Å². The largest absolute Gasteiger partial charge is 0.500 e. The van der Waals surface area contributed by atoms with E-state index in [-0.39, 0.29) is 6.54 Å². The molecule has 0 saturated heterocycles. The summed E-state index contributed by atoms with van der Waals surface area (Å²) in [7, 11) is 4.18. The molecule has 0 aliphatic rings. The highest BCUT2D eigenvalue weighted by Crippen LogP contribution is 2.16. The fourth-order valence-electron chi connectivity index (χ4n) is 1.91. The zero-order valence-corrected chi connectivity index (χ0v) is 13.1. The van der Waals surface area contributed by atoms with Crippen LogP contribution < -0.4 is 0 Å². The van der Waals surface area contributed by atoms with Crippen molar-refractivity contribution in [1.29, 1.82) is 0 Å². The summed E-state index contributed by atoms with van der Waals surface area (Å²) in [5.74, 6) is -0.770. The van der Waals surface area contributed by atoms with Crippen molar-refractivity contribution in [3.63, 3.8) is 0 Å². The van der Waals surface area contributed by atoms with Crippen LogP contribution in [0.25, 0.3) is 0 Å². The van der Waals surface area contributed by atoms with Gasteiger partial charge < -0.3 is 22.9 Å². The number of carbonyl (C=O) groups is 1. The molecular formula is C11H26NO5Si+. The lowest BCUT2D eigenvalue weighted by Crippen LogP contribution is -2.49. The minimum absolute atomic E-state index is 0.137. The normalized spacial score (nSPS) is 15.4. The fraction of sp³-hybridized carbons (Fsp3) is 0.909. The second-order valence-corrected chi connectivity index (χ2v) is 7.70. The Labute approximate surface area is 110 Å². The maximum atomic E-state index is 10.8. The van der Waals surface area contributed by atoms with Gasteiger partial charge >= 0.3 is 14.8 Å². The van der Waals surface area contributed by atoms with Gasteiger partial charge in [0.25, 0.3) is 0 Å². The van der Waals surface area contributed by atoms with Gasteiger partial charge in [-0.2, -0.15) is 0 Å². The Morgan fingerprint density at radius 1 is 1.22 bits per heavy atom. The van der Waals surface area contributed by atoms with Crippen molar-refractivity contribution < 1.29 is 27.7 Å². The average Bonchev–Trinajstić information content (AvgIpc) is 2.34. The lowest BCUT2D eigenvalue weighted by Gasteiger charge is -2.32.